The van der Waals surface area contributed by atoms with Crippen LogP contribution in [0.15, 0.2) is 79.0 Å². The summed E-state index contributed by atoms with van der Waals surface area (Å²) in [6, 6.07) is 22.7. The lowest BCUT2D eigenvalue weighted by molar-refractivity contribution is 0.0603. The van der Waals surface area contributed by atoms with Crippen LogP contribution < -0.4 is 20.3 Å². The molecule has 2 N–H and O–H groups in total. The second-order valence-corrected chi connectivity index (χ2v) is 9.53. The number of esters is 1. The van der Waals surface area contributed by atoms with Crippen LogP contribution in [0.1, 0.15) is 34.6 Å². The van der Waals surface area contributed by atoms with Crippen molar-refractivity contribution in [3.63, 3.8) is 0 Å². The van der Waals surface area contributed by atoms with Crippen molar-refractivity contribution in [3.05, 3.63) is 90.1 Å². The zero-order valence-corrected chi connectivity index (χ0v) is 21.6. The maximum Gasteiger partial charge on any atom is 0.338 e. The van der Waals surface area contributed by atoms with Crippen molar-refractivity contribution >= 4 is 34.2 Å². The number of ether oxygens (including phenoxy) is 2. The molecule has 1 aromatic heterocycles. The molecular formula is C30H30N4O4. The van der Waals surface area contributed by atoms with Gasteiger partial charge in [0.15, 0.2) is 0 Å². The van der Waals surface area contributed by atoms with E-state index in [9.17, 15) is 9.59 Å². The molecule has 38 heavy (non-hydrogen) atoms. The molecule has 2 heterocycles. The molecule has 3 aromatic carbocycles. The van der Waals surface area contributed by atoms with Crippen LogP contribution in [0.25, 0.3) is 10.8 Å². The fourth-order valence-corrected chi connectivity index (χ4v) is 4.84. The van der Waals surface area contributed by atoms with E-state index in [0.29, 0.717) is 40.5 Å². The maximum atomic E-state index is 12.9. The van der Waals surface area contributed by atoms with E-state index in [-0.39, 0.29) is 11.9 Å². The number of carbonyl (C=O) groups is 2. The Morgan fingerprint density at radius 1 is 0.947 bits per heavy atom. The van der Waals surface area contributed by atoms with Gasteiger partial charge >= 0.3 is 5.97 Å². The number of hydrogen-bond donors (Lipinski definition) is 2. The standard InChI is InChI=1S/C30H30N4O4/c1-19-17-34(18-20(2)32-19)23-9-7-21(8-10-23)29(35)33-28-16-25(13-14-31-28)38-24-11-12-26-22(15-24)5-4-6-27(26)30(36)37-3/h4-16,19-20,32H,17-18H2,1-3H3,(H,31,33,35)/t19-,20+. The molecule has 4 aromatic rings. The molecule has 0 spiro atoms. The minimum absolute atomic E-state index is 0.246. The van der Waals surface area contributed by atoms with E-state index in [1.165, 1.54) is 7.11 Å². The van der Waals surface area contributed by atoms with E-state index in [4.69, 9.17) is 9.47 Å². The van der Waals surface area contributed by atoms with Crippen LogP contribution in [-0.2, 0) is 4.74 Å². The largest absolute Gasteiger partial charge is 0.465 e. The smallest absolute Gasteiger partial charge is 0.338 e. The van der Waals surface area contributed by atoms with Gasteiger partial charge in [0.25, 0.3) is 5.91 Å². The number of anilines is 2. The summed E-state index contributed by atoms with van der Waals surface area (Å²) in [4.78, 5) is 31.5. The first-order chi connectivity index (χ1) is 18.4. The Morgan fingerprint density at radius 3 is 2.42 bits per heavy atom. The number of fused-ring (bicyclic) bond motifs is 1. The Balaban J connectivity index is 1.26. The molecule has 194 valence electrons. The quantitative estimate of drug-likeness (QED) is 0.342. The van der Waals surface area contributed by atoms with Crippen LogP contribution in [0, 0.1) is 0 Å². The highest BCUT2D eigenvalue weighted by molar-refractivity contribution is 6.05. The second-order valence-electron chi connectivity index (χ2n) is 9.53. The molecule has 0 saturated carbocycles. The molecule has 8 nitrogen and oxygen atoms in total. The fraction of sp³-hybridized carbons (Fsp3) is 0.233. The monoisotopic (exact) mass is 510 g/mol. The van der Waals surface area contributed by atoms with Gasteiger partial charge in [-0.1, -0.05) is 12.1 Å². The minimum Gasteiger partial charge on any atom is -0.465 e. The number of hydrogen-bond acceptors (Lipinski definition) is 7. The summed E-state index contributed by atoms with van der Waals surface area (Å²) < 4.78 is 10.9. The highest BCUT2D eigenvalue weighted by Crippen LogP contribution is 2.29. The summed E-state index contributed by atoms with van der Waals surface area (Å²) in [5.74, 6) is 0.868. The number of nitrogens with one attached hydrogen (secondary N) is 2. The number of piperazine rings is 1. The minimum atomic E-state index is -0.388. The van der Waals surface area contributed by atoms with Gasteiger partial charge in [-0.15, -0.1) is 0 Å². The number of amides is 1. The van der Waals surface area contributed by atoms with Crippen molar-refractivity contribution in [1.82, 2.24) is 10.3 Å². The molecular weight excluding hydrogens is 480 g/mol. The lowest BCUT2D eigenvalue weighted by Gasteiger charge is -2.37. The van der Waals surface area contributed by atoms with Crippen LogP contribution in [0.3, 0.4) is 0 Å². The molecule has 2 atom stereocenters. The molecule has 1 fully saturated rings. The van der Waals surface area contributed by atoms with E-state index in [1.54, 1.807) is 36.5 Å². The Hall–Kier alpha value is -4.43. The van der Waals surface area contributed by atoms with Crippen molar-refractivity contribution < 1.29 is 19.1 Å². The SMILES string of the molecule is COC(=O)c1cccc2cc(Oc3ccnc(NC(=O)c4ccc(N5C[C@@H](C)N[C@@H](C)C5)cc4)c3)ccc12. The molecule has 5 rings (SSSR count). The summed E-state index contributed by atoms with van der Waals surface area (Å²) in [7, 11) is 1.36. The average Bonchev–Trinajstić information content (AvgIpc) is 2.92. The first kappa shape index (κ1) is 25.2. The lowest BCUT2D eigenvalue weighted by Crippen LogP contribution is -2.54. The summed E-state index contributed by atoms with van der Waals surface area (Å²) in [6.07, 6.45) is 1.58. The van der Waals surface area contributed by atoms with E-state index in [0.717, 1.165) is 29.5 Å². The van der Waals surface area contributed by atoms with Crippen LogP contribution in [-0.4, -0.2) is 49.1 Å². The Bertz CT molecular complexity index is 1460. The summed E-state index contributed by atoms with van der Waals surface area (Å²) in [5, 5.41) is 8.01. The highest BCUT2D eigenvalue weighted by atomic mass is 16.5. The van der Waals surface area contributed by atoms with Gasteiger partial charge in [0.1, 0.15) is 17.3 Å². The third-order valence-corrected chi connectivity index (χ3v) is 6.52. The summed E-state index contributed by atoms with van der Waals surface area (Å²) >= 11 is 0. The third-order valence-electron chi connectivity index (χ3n) is 6.52. The van der Waals surface area contributed by atoms with Gasteiger partial charge in [0.05, 0.1) is 12.7 Å². The normalized spacial score (nSPS) is 17.2. The molecule has 0 unspecified atom stereocenters. The van der Waals surface area contributed by atoms with Gasteiger partial charge in [-0.3, -0.25) is 4.79 Å². The third kappa shape index (κ3) is 5.60. The van der Waals surface area contributed by atoms with E-state index in [1.807, 2.05) is 42.5 Å². The topological polar surface area (TPSA) is 92.8 Å². The van der Waals surface area contributed by atoms with Crippen LogP contribution >= 0.6 is 0 Å². The number of aromatic nitrogens is 1. The second kappa shape index (κ2) is 10.9. The van der Waals surface area contributed by atoms with Crippen molar-refractivity contribution in [2.75, 3.05) is 30.4 Å². The summed E-state index contributed by atoms with van der Waals surface area (Å²) in [6.45, 7) is 6.21. The van der Waals surface area contributed by atoms with Crippen LogP contribution in [0.4, 0.5) is 11.5 Å². The first-order valence-corrected chi connectivity index (χ1v) is 12.6. The highest BCUT2D eigenvalue weighted by Gasteiger charge is 2.21. The van der Waals surface area contributed by atoms with Crippen LogP contribution in [0.5, 0.6) is 11.5 Å². The van der Waals surface area contributed by atoms with E-state index >= 15 is 0 Å². The van der Waals surface area contributed by atoms with E-state index < -0.39 is 0 Å². The number of rotatable bonds is 6. The van der Waals surface area contributed by atoms with Crippen LogP contribution in [0.2, 0.25) is 0 Å². The van der Waals surface area contributed by atoms with Gasteiger partial charge in [0, 0.05) is 48.7 Å². The predicted octanol–water partition coefficient (Wildman–Crippen LogP) is 5.25. The number of methoxy groups -OCH3 is 1. The number of benzene rings is 3. The van der Waals surface area contributed by atoms with Gasteiger partial charge in [-0.05, 0) is 79.2 Å². The zero-order chi connectivity index (χ0) is 26.6. The van der Waals surface area contributed by atoms with Gasteiger partial charge < -0.3 is 25.0 Å². The first-order valence-electron chi connectivity index (χ1n) is 12.6. The number of nitrogens with zero attached hydrogens (tertiary/aromatic N) is 2. The summed E-state index contributed by atoms with van der Waals surface area (Å²) in [5.41, 5.74) is 2.15. The molecule has 1 aliphatic heterocycles. The lowest BCUT2D eigenvalue weighted by atomic mass is 10.0. The van der Waals surface area contributed by atoms with Crippen molar-refractivity contribution in [1.29, 1.82) is 0 Å². The predicted molar refractivity (Wildman–Crippen MR) is 148 cm³/mol. The Labute approximate surface area is 221 Å². The zero-order valence-electron chi connectivity index (χ0n) is 21.6. The maximum absolute atomic E-state index is 12.9. The number of pyridine rings is 1. The Morgan fingerprint density at radius 2 is 1.68 bits per heavy atom. The average molecular weight is 511 g/mol. The molecule has 0 aliphatic carbocycles. The molecule has 1 saturated heterocycles. The van der Waals surface area contributed by atoms with Crippen molar-refractivity contribution in [3.8, 4) is 11.5 Å². The molecule has 0 radical (unpaired) electrons. The van der Waals surface area contributed by atoms with Crippen molar-refractivity contribution in [2.24, 2.45) is 0 Å². The Kier molecular flexibility index (Phi) is 7.24. The van der Waals surface area contributed by atoms with Crippen molar-refractivity contribution in [2.45, 2.75) is 25.9 Å². The number of carbonyl (C=O) groups excluding carboxylic acids is 2. The van der Waals surface area contributed by atoms with Gasteiger partial charge in [0.2, 0.25) is 0 Å². The van der Waals surface area contributed by atoms with E-state index in [2.05, 4.69) is 34.4 Å². The molecule has 0 bridgehead atoms. The molecule has 1 amide bonds. The molecule has 8 heteroatoms. The van der Waals surface area contributed by atoms with Gasteiger partial charge in [-0.2, -0.15) is 0 Å². The fourth-order valence-electron chi connectivity index (χ4n) is 4.84. The van der Waals surface area contributed by atoms with Gasteiger partial charge in [-0.25, -0.2) is 9.78 Å². The molecule has 1 aliphatic rings.